The number of rotatable bonds is 7. The van der Waals surface area contributed by atoms with Crippen LogP contribution < -0.4 is 0 Å². The number of hydrogen-bond donors (Lipinski definition) is 0. The fourth-order valence-electron chi connectivity index (χ4n) is 4.53. The molecule has 33 heavy (non-hydrogen) atoms. The van der Waals surface area contributed by atoms with Crippen LogP contribution in [-0.2, 0) is 11.2 Å². The minimum absolute atomic E-state index is 0.217. The van der Waals surface area contributed by atoms with Crippen molar-refractivity contribution in [3.8, 4) is 22.3 Å². The van der Waals surface area contributed by atoms with Crippen molar-refractivity contribution >= 4 is 0 Å². The quantitative estimate of drug-likeness (QED) is 0.328. The van der Waals surface area contributed by atoms with Crippen LogP contribution in [0.1, 0.15) is 49.8 Å². The lowest BCUT2D eigenvalue weighted by molar-refractivity contribution is -0.0207. The molecule has 1 aliphatic rings. The number of halogens is 3. The maximum Gasteiger partial charge on any atom is 0.166 e. The second-order valence-electron chi connectivity index (χ2n) is 8.70. The molecule has 0 aromatic heterocycles. The molecular weight excluding hydrogens is 421 g/mol. The first-order valence-corrected chi connectivity index (χ1v) is 11.6. The second-order valence-corrected chi connectivity index (χ2v) is 8.70. The summed E-state index contributed by atoms with van der Waals surface area (Å²) in [6, 6.07) is 15.5. The fourth-order valence-corrected chi connectivity index (χ4v) is 4.53. The molecule has 3 aromatic carbocycles. The van der Waals surface area contributed by atoms with E-state index in [0.717, 1.165) is 36.8 Å². The minimum Gasteiger partial charge on any atom is -0.373 e. The van der Waals surface area contributed by atoms with Gasteiger partial charge in [0, 0.05) is 11.1 Å². The third-order valence-corrected chi connectivity index (χ3v) is 6.57. The number of aryl methyl sites for hydroxylation is 1. The second kappa shape index (κ2) is 10.4. The zero-order valence-corrected chi connectivity index (χ0v) is 18.9. The van der Waals surface area contributed by atoms with E-state index < -0.39 is 11.6 Å². The van der Waals surface area contributed by atoms with Crippen molar-refractivity contribution in [1.82, 2.24) is 0 Å². The van der Waals surface area contributed by atoms with Crippen molar-refractivity contribution in [1.29, 1.82) is 0 Å². The Morgan fingerprint density at radius 2 is 1.64 bits per heavy atom. The van der Waals surface area contributed by atoms with E-state index in [-0.39, 0.29) is 17.5 Å². The van der Waals surface area contributed by atoms with Crippen molar-refractivity contribution in [3.63, 3.8) is 0 Å². The van der Waals surface area contributed by atoms with Crippen LogP contribution in [0.3, 0.4) is 0 Å². The molecule has 0 radical (unpaired) electrons. The Hall–Kier alpha value is -2.85. The molecule has 4 rings (SSSR count). The van der Waals surface area contributed by atoms with Gasteiger partial charge >= 0.3 is 0 Å². The Morgan fingerprint density at radius 1 is 0.909 bits per heavy atom. The SMILES string of the molecule is C=CCCC1CCC(c2ccc(-c3ccc(-c4ccc(CC)c(F)c4F)cc3)cc2F)OC1. The van der Waals surface area contributed by atoms with Crippen LogP contribution in [0.25, 0.3) is 22.3 Å². The fraction of sp³-hybridized carbons (Fsp3) is 0.310. The van der Waals surface area contributed by atoms with Gasteiger partial charge in [-0.25, -0.2) is 13.2 Å². The monoisotopic (exact) mass is 450 g/mol. The molecule has 1 heterocycles. The predicted molar refractivity (Wildman–Crippen MR) is 127 cm³/mol. The first-order valence-electron chi connectivity index (χ1n) is 11.6. The molecule has 1 nitrogen and oxygen atoms in total. The summed E-state index contributed by atoms with van der Waals surface area (Å²) in [4.78, 5) is 0. The van der Waals surface area contributed by atoms with E-state index in [1.54, 1.807) is 49.4 Å². The van der Waals surface area contributed by atoms with Crippen molar-refractivity contribution in [2.45, 2.75) is 45.1 Å². The summed E-state index contributed by atoms with van der Waals surface area (Å²) in [5.41, 5.74) is 3.29. The van der Waals surface area contributed by atoms with Gasteiger partial charge in [-0.05, 0) is 66.3 Å². The van der Waals surface area contributed by atoms with E-state index in [9.17, 15) is 13.2 Å². The third-order valence-electron chi connectivity index (χ3n) is 6.57. The summed E-state index contributed by atoms with van der Waals surface area (Å²) >= 11 is 0. The van der Waals surface area contributed by atoms with Gasteiger partial charge in [-0.3, -0.25) is 0 Å². The highest BCUT2D eigenvalue weighted by molar-refractivity contribution is 5.71. The zero-order chi connectivity index (χ0) is 23.4. The summed E-state index contributed by atoms with van der Waals surface area (Å²) in [7, 11) is 0. The zero-order valence-electron chi connectivity index (χ0n) is 18.9. The minimum atomic E-state index is -0.836. The van der Waals surface area contributed by atoms with E-state index >= 15 is 0 Å². The van der Waals surface area contributed by atoms with Gasteiger partial charge in [0.1, 0.15) is 5.82 Å². The van der Waals surface area contributed by atoms with E-state index in [1.807, 2.05) is 12.1 Å². The Morgan fingerprint density at radius 3 is 2.27 bits per heavy atom. The van der Waals surface area contributed by atoms with Crippen LogP contribution in [0.15, 0.2) is 67.3 Å². The summed E-state index contributed by atoms with van der Waals surface area (Å²) in [6.45, 7) is 6.20. The molecule has 1 saturated heterocycles. The van der Waals surface area contributed by atoms with Crippen LogP contribution in [0.2, 0.25) is 0 Å². The molecule has 0 bridgehead atoms. The molecule has 4 heteroatoms. The van der Waals surface area contributed by atoms with Gasteiger partial charge in [0.2, 0.25) is 0 Å². The van der Waals surface area contributed by atoms with Crippen molar-refractivity contribution in [2.24, 2.45) is 5.92 Å². The average molecular weight is 451 g/mol. The smallest absolute Gasteiger partial charge is 0.166 e. The molecule has 3 aromatic rings. The third kappa shape index (κ3) is 5.06. The van der Waals surface area contributed by atoms with Gasteiger partial charge in [0.25, 0.3) is 0 Å². The largest absolute Gasteiger partial charge is 0.373 e. The van der Waals surface area contributed by atoms with Crippen LogP contribution in [0.5, 0.6) is 0 Å². The maximum absolute atomic E-state index is 14.9. The van der Waals surface area contributed by atoms with Crippen molar-refractivity contribution in [2.75, 3.05) is 6.61 Å². The number of hydrogen-bond acceptors (Lipinski definition) is 1. The first-order chi connectivity index (χ1) is 16.0. The maximum atomic E-state index is 14.9. The van der Waals surface area contributed by atoms with Gasteiger partial charge in [0.05, 0.1) is 12.7 Å². The number of ether oxygens (including phenoxy) is 1. The van der Waals surface area contributed by atoms with Crippen molar-refractivity contribution in [3.05, 3.63) is 95.8 Å². The van der Waals surface area contributed by atoms with E-state index in [0.29, 0.717) is 35.6 Å². The van der Waals surface area contributed by atoms with Gasteiger partial charge in [-0.1, -0.05) is 61.5 Å². The lowest BCUT2D eigenvalue weighted by atomic mass is 9.90. The number of benzene rings is 3. The molecule has 2 atom stereocenters. The average Bonchev–Trinajstić information content (AvgIpc) is 2.85. The topological polar surface area (TPSA) is 9.23 Å². The van der Waals surface area contributed by atoms with Crippen molar-refractivity contribution < 1.29 is 17.9 Å². The molecule has 0 aliphatic carbocycles. The summed E-state index contributed by atoms with van der Waals surface area (Å²) in [6.07, 6.45) is 6.02. The van der Waals surface area contributed by atoms with Crippen LogP contribution in [0.4, 0.5) is 13.2 Å². The van der Waals surface area contributed by atoms with Gasteiger partial charge < -0.3 is 4.74 Å². The Balaban J connectivity index is 1.49. The highest BCUT2D eigenvalue weighted by Gasteiger charge is 2.25. The molecule has 0 saturated carbocycles. The standard InChI is InChI=1S/C29H29F3O/c1-3-5-6-19-7-16-27(33-18-19)25-15-13-23(17-26(25)30)21-8-10-22(11-9-21)24-14-12-20(4-2)28(31)29(24)32/h3,8-15,17,19,27H,1,4-7,16,18H2,2H3. The highest BCUT2D eigenvalue weighted by atomic mass is 19.2. The van der Waals surface area contributed by atoms with Crippen LogP contribution in [-0.4, -0.2) is 6.61 Å². The highest BCUT2D eigenvalue weighted by Crippen LogP contribution is 2.35. The molecule has 1 aliphatic heterocycles. The van der Waals surface area contributed by atoms with Gasteiger partial charge in [-0.2, -0.15) is 0 Å². The first kappa shape index (κ1) is 23.3. The Bertz CT molecular complexity index is 1110. The summed E-state index contributed by atoms with van der Waals surface area (Å²) in [5, 5.41) is 0. The summed E-state index contributed by atoms with van der Waals surface area (Å²) in [5.74, 6) is -1.41. The molecule has 0 spiro atoms. The van der Waals surface area contributed by atoms with Crippen LogP contribution >= 0.6 is 0 Å². The number of allylic oxidation sites excluding steroid dienone is 1. The predicted octanol–water partition coefficient (Wildman–Crippen LogP) is 8.43. The van der Waals surface area contributed by atoms with Gasteiger partial charge in [0.15, 0.2) is 11.6 Å². The van der Waals surface area contributed by atoms with E-state index in [2.05, 4.69) is 6.58 Å². The molecule has 1 fully saturated rings. The Kier molecular flexibility index (Phi) is 7.34. The lowest BCUT2D eigenvalue weighted by Gasteiger charge is -2.29. The molecule has 172 valence electrons. The molecule has 2 unspecified atom stereocenters. The van der Waals surface area contributed by atoms with Gasteiger partial charge in [-0.15, -0.1) is 6.58 Å². The lowest BCUT2D eigenvalue weighted by Crippen LogP contribution is -2.21. The molecular formula is C29H29F3O. The normalized spacial score (nSPS) is 18.3. The molecule has 0 N–H and O–H groups in total. The van der Waals surface area contributed by atoms with Crippen LogP contribution in [0, 0.1) is 23.4 Å². The molecule has 0 amide bonds. The Labute approximate surface area is 193 Å². The summed E-state index contributed by atoms with van der Waals surface area (Å²) < 4.78 is 49.6. The van der Waals surface area contributed by atoms with E-state index in [1.165, 1.54) is 6.07 Å². The van der Waals surface area contributed by atoms with E-state index in [4.69, 9.17) is 4.74 Å².